The molecule has 0 saturated carbocycles. The van der Waals surface area contributed by atoms with E-state index in [-0.39, 0.29) is 41.3 Å². The summed E-state index contributed by atoms with van der Waals surface area (Å²) < 4.78 is 38.2. The lowest BCUT2D eigenvalue weighted by Gasteiger charge is -2.23. The molecule has 1 aromatic carbocycles. The van der Waals surface area contributed by atoms with Gasteiger partial charge in [-0.15, -0.1) is 0 Å². The van der Waals surface area contributed by atoms with E-state index in [0.29, 0.717) is 17.9 Å². The molecule has 0 bridgehead atoms. The fraction of sp³-hybridized carbons (Fsp3) is 0.364. The Labute approximate surface area is 188 Å². The second kappa shape index (κ2) is 9.10. The number of nitrogens with zero attached hydrogens (tertiary/aromatic N) is 4. The van der Waals surface area contributed by atoms with Gasteiger partial charge >= 0.3 is 0 Å². The number of hydrogen-bond donors (Lipinski definition) is 2. The van der Waals surface area contributed by atoms with E-state index in [4.69, 9.17) is 10.5 Å². The Bertz CT molecular complexity index is 1210. The molecule has 1 aliphatic heterocycles. The van der Waals surface area contributed by atoms with E-state index >= 15 is 4.39 Å². The first-order chi connectivity index (χ1) is 15.8. The smallest absolute Gasteiger partial charge is 0.284 e. The highest BCUT2D eigenvalue weighted by molar-refractivity contribution is 5.90. The van der Waals surface area contributed by atoms with Crippen molar-refractivity contribution in [2.24, 2.45) is 12.8 Å². The van der Waals surface area contributed by atoms with E-state index in [1.165, 1.54) is 40.8 Å². The summed E-state index contributed by atoms with van der Waals surface area (Å²) in [6, 6.07) is 2.83. The monoisotopic (exact) mass is 458 g/mol. The van der Waals surface area contributed by atoms with Gasteiger partial charge in [-0.1, -0.05) is 6.07 Å². The molecule has 1 aliphatic rings. The van der Waals surface area contributed by atoms with Crippen molar-refractivity contribution in [1.29, 1.82) is 0 Å². The van der Waals surface area contributed by atoms with Crippen LogP contribution < -0.4 is 11.1 Å². The molecule has 0 aliphatic carbocycles. The van der Waals surface area contributed by atoms with E-state index in [1.54, 1.807) is 6.92 Å². The molecule has 3 heterocycles. The molecular weight excluding hydrogens is 434 g/mol. The molecule has 4 rings (SSSR count). The lowest BCUT2D eigenvalue weighted by Crippen LogP contribution is -2.40. The van der Waals surface area contributed by atoms with Crippen LogP contribution in [0.1, 0.15) is 35.6 Å². The molecule has 3 aromatic rings. The molecule has 0 spiro atoms. The highest BCUT2D eigenvalue weighted by Gasteiger charge is 2.23. The first kappa shape index (κ1) is 22.6. The minimum atomic E-state index is -1.09. The van der Waals surface area contributed by atoms with Gasteiger partial charge in [-0.2, -0.15) is 5.10 Å². The van der Waals surface area contributed by atoms with E-state index in [2.05, 4.69) is 15.4 Å². The fourth-order valence-corrected chi connectivity index (χ4v) is 3.93. The summed E-state index contributed by atoms with van der Waals surface area (Å²) in [6.45, 7) is 2.19. The Morgan fingerprint density at radius 1 is 1.21 bits per heavy atom. The molecule has 11 heteroatoms. The summed E-state index contributed by atoms with van der Waals surface area (Å²) in [7, 11) is 1.49. The maximum absolute atomic E-state index is 15.1. The van der Waals surface area contributed by atoms with Crippen molar-refractivity contribution >= 4 is 11.8 Å². The summed E-state index contributed by atoms with van der Waals surface area (Å²) in [4.78, 5) is 27.6. The number of rotatable bonds is 6. The van der Waals surface area contributed by atoms with Gasteiger partial charge in [-0.3, -0.25) is 14.3 Å². The minimum Gasteiger partial charge on any atom is -0.363 e. The highest BCUT2D eigenvalue weighted by atomic mass is 19.2. The van der Waals surface area contributed by atoms with Gasteiger partial charge in [0.2, 0.25) is 5.91 Å². The van der Waals surface area contributed by atoms with Gasteiger partial charge in [0.15, 0.2) is 17.5 Å². The van der Waals surface area contributed by atoms with Crippen LogP contribution in [0.5, 0.6) is 0 Å². The molecule has 2 aromatic heterocycles. The van der Waals surface area contributed by atoms with Crippen molar-refractivity contribution in [3.63, 3.8) is 0 Å². The van der Waals surface area contributed by atoms with Crippen LogP contribution in [0, 0.1) is 18.6 Å². The van der Waals surface area contributed by atoms with Gasteiger partial charge in [-0.25, -0.2) is 13.8 Å². The molecule has 33 heavy (non-hydrogen) atoms. The predicted octanol–water partition coefficient (Wildman–Crippen LogP) is 2.28. The lowest BCUT2D eigenvalue weighted by atomic mass is 10.0. The molecule has 1 atom stereocenters. The topological polar surface area (TPSA) is 117 Å². The summed E-state index contributed by atoms with van der Waals surface area (Å²) >= 11 is 0. The molecule has 1 unspecified atom stereocenters. The SMILES string of the molecule is Cc1nn(CC(=O)NC2CCCCO2)cc1-c1ccc(-c2cnc(C(N)=O)n2C)c(F)c1F. The number of imidazole rings is 1. The second-order valence-electron chi connectivity index (χ2n) is 7.93. The maximum atomic E-state index is 15.1. The number of nitrogens with one attached hydrogen (secondary N) is 1. The summed E-state index contributed by atoms with van der Waals surface area (Å²) in [5.41, 5.74) is 6.21. The minimum absolute atomic E-state index is 0.00770. The summed E-state index contributed by atoms with van der Waals surface area (Å²) in [5.74, 6) is -3.28. The quantitative estimate of drug-likeness (QED) is 0.588. The van der Waals surface area contributed by atoms with E-state index in [9.17, 15) is 14.0 Å². The van der Waals surface area contributed by atoms with Crippen LogP contribution in [-0.4, -0.2) is 44.0 Å². The number of halogens is 2. The largest absolute Gasteiger partial charge is 0.363 e. The summed E-state index contributed by atoms with van der Waals surface area (Å²) in [5, 5.41) is 7.07. The molecular formula is C22H24F2N6O3. The van der Waals surface area contributed by atoms with Gasteiger partial charge < -0.3 is 20.4 Å². The molecule has 3 N–H and O–H groups in total. The Kier molecular flexibility index (Phi) is 6.23. The van der Waals surface area contributed by atoms with Gasteiger partial charge in [0, 0.05) is 36.5 Å². The number of hydrogen-bond acceptors (Lipinski definition) is 5. The van der Waals surface area contributed by atoms with Gasteiger partial charge in [0.25, 0.3) is 5.91 Å². The van der Waals surface area contributed by atoms with Crippen molar-refractivity contribution in [3.8, 4) is 22.4 Å². The van der Waals surface area contributed by atoms with Crippen LogP contribution in [0.4, 0.5) is 8.78 Å². The number of primary amides is 1. The normalized spacial score (nSPS) is 16.1. The average molecular weight is 458 g/mol. The molecule has 9 nitrogen and oxygen atoms in total. The van der Waals surface area contributed by atoms with E-state index in [0.717, 1.165) is 19.3 Å². The third-order valence-electron chi connectivity index (χ3n) is 5.61. The second-order valence-corrected chi connectivity index (χ2v) is 7.93. The molecule has 174 valence electrons. The number of carbonyl (C=O) groups is 2. The Balaban J connectivity index is 1.57. The van der Waals surface area contributed by atoms with Crippen LogP contribution in [0.15, 0.2) is 24.5 Å². The van der Waals surface area contributed by atoms with Crippen LogP contribution in [-0.2, 0) is 23.1 Å². The van der Waals surface area contributed by atoms with Crippen LogP contribution >= 0.6 is 0 Å². The number of benzene rings is 1. The Morgan fingerprint density at radius 2 is 1.94 bits per heavy atom. The van der Waals surface area contributed by atoms with E-state index in [1.807, 2.05) is 0 Å². The van der Waals surface area contributed by atoms with E-state index < -0.39 is 17.5 Å². The zero-order valence-electron chi connectivity index (χ0n) is 18.3. The fourth-order valence-electron chi connectivity index (χ4n) is 3.93. The zero-order valence-corrected chi connectivity index (χ0v) is 18.3. The number of nitrogens with two attached hydrogens (primary N) is 1. The number of carbonyl (C=O) groups excluding carboxylic acids is 2. The Morgan fingerprint density at radius 3 is 2.61 bits per heavy atom. The third kappa shape index (κ3) is 4.49. The number of amides is 2. The molecule has 0 radical (unpaired) electrons. The third-order valence-corrected chi connectivity index (χ3v) is 5.61. The van der Waals surface area contributed by atoms with Crippen LogP contribution in [0.2, 0.25) is 0 Å². The van der Waals surface area contributed by atoms with Crippen LogP contribution in [0.3, 0.4) is 0 Å². The predicted molar refractivity (Wildman–Crippen MR) is 115 cm³/mol. The molecule has 1 fully saturated rings. The maximum Gasteiger partial charge on any atom is 0.284 e. The molecule has 1 saturated heterocycles. The van der Waals surface area contributed by atoms with Gasteiger partial charge in [0.1, 0.15) is 12.8 Å². The number of aromatic nitrogens is 4. The first-order valence-corrected chi connectivity index (χ1v) is 10.5. The lowest BCUT2D eigenvalue weighted by molar-refractivity contribution is -0.127. The van der Waals surface area contributed by atoms with Gasteiger partial charge in [0.05, 0.1) is 17.6 Å². The average Bonchev–Trinajstić information content (AvgIpc) is 3.33. The standard InChI is InChI=1S/C22H24F2N6O3/c1-12-15(10-30(28-12)11-17(31)27-18-5-3-4-8-33-18)13-6-7-14(20(24)19(13)23)16-9-26-22(21(25)32)29(16)2/h6-7,9-10,18H,3-5,8,11H2,1-2H3,(H2,25,32)(H,27,31). The van der Waals surface area contributed by atoms with Crippen LogP contribution in [0.25, 0.3) is 22.4 Å². The van der Waals surface area contributed by atoms with Crippen molar-refractivity contribution in [2.45, 2.75) is 39.0 Å². The number of aryl methyl sites for hydroxylation is 1. The Hall–Kier alpha value is -3.60. The van der Waals surface area contributed by atoms with Crippen molar-refractivity contribution < 1.29 is 23.1 Å². The number of ether oxygens (including phenoxy) is 1. The van der Waals surface area contributed by atoms with Crippen molar-refractivity contribution in [2.75, 3.05) is 6.61 Å². The highest BCUT2D eigenvalue weighted by Crippen LogP contribution is 2.32. The summed E-state index contributed by atoms with van der Waals surface area (Å²) in [6.07, 6.45) is 5.16. The first-order valence-electron chi connectivity index (χ1n) is 10.5. The van der Waals surface area contributed by atoms with Crippen molar-refractivity contribution in [1.82, 2.24) is 24.6 Å². The van der Waals surface area contributed by atoms with Gasteiger partial charge in [-0.05, 0) is 32.3 Å². The molecule has 2 amide bonds. The zero-order chi connectivity index (χ0) is 23.7. The van der Waals surface area contributed by atoms with Crippen molar-refractivity contribution in [3.05, 3.63) is 47.7 Å².